The molecule has 1 amide bonds. The Morgan fingerprint density at radius 2 is 1.55 bits per heavy atom. The second-order valence-electron chi connectivity index (χ2n) is 12.0. The molecule has 0 aliphatic rings. The van der Waals surface area contributed by atoms with Gasteiger partial charge in [-0.15, -0.1) is 0 Å². The predicted molar refractivity (Wildman–Crippen MR) is 201 cm³/mol. The lowest BCUT2D eigenvalue weighted by atomic mass is 9.90. The zero-order valence-corrected chi connectivity index (χ0v) is 30.4. The van der Waals surface area contributed by atoms with E-state index in [-0.39, 0.29) is 16.8 Å². The average Bonchev–Trinajstić information content (AvgIpc) is 3.08. The van der Waals surface area contributed by atoms with Gasteiger partial charge in [0.1, 0.15) is 6.04 Å². The molecule has 8 nitrogen and oxygen atoms in total. The summed E-state index contributed by atoms with van der Waals surface area (Å²) >= 11 is 1.57. The van der Waals surface area contributed by atoms with E-state index in [9.17, 15) is 23.1 Å². The van der Waals surface area contributed by atoms with Crippen molar-refractivity contribution in [2.45, 2.75) is 69.9 Å². The lowest BCUT2D eigenvalue weighted by Crippen LogP contribution is -2.41. The predicted octanol–water partition coefficient (Wildman–Crippen LogP) is 7.30. The number of sulfonamides is 1. The monoisotopic (exact) mass is 703 g/mol. The third-order valence-electron chi connectivity index (χ3n) is 8.18. The van der Waals surface area contributed by atoms with Crippen molar-refractivity contribution in [3.8, 4) is 11.1 Å². The number of rotatable bonds is 16. The number of benzene rings is 4. The molecule has 10 heteroatoms. The molecule has 2 atom stereocenters. The summed E-state index contributed by atoms with van der Waals surface area (Å²) in [5, 5.41) is 21.1. The van der Waals surface area contributed by atoms with Crippen LogP contribution in [0, 0.1) is 13.8 Å². The Bertz CT molecular complexity index is 1750. The first-order chi connectivity index (χ1) is 23.4. The summed E-state index contributed by atoms with van der Waals surface area (Å²) in [6.07, 6.45) is 6.46. The number of primary sulfonamides is 1. The third kappa shape index (κ3) is 12.8. The first kappa shape index (κ1) is 39.5. The van der Waals surface area contributed by atoms with Crippen LogP contribution in [0.4, 0.5) is 0 Å². The van der Waals surface area contributed by atoms with Crippen LogP contribution in [0.3, 0.4) is 0 Å². The number of thioether (sulfide) groups is 1. The molecule has 0 saturated carbocycles. The number of carboxylic acids is 1. The largest absolute Gasteiger partial charge is 0.480 e. The van der Waals surface area contributed by atoms with E-state index in [2.05, 4.69) is 47.9 Å². The Morgan fingerprint density at radius 1 is 0.878 bits per heavy atom. The molecule has 0 bridgehead atoms. The summed E-state index contributed by atoms with van der Waals surface area (Å²) in [7, 11) is -3.52. The van der Waals surface area contributed by atoms with Crippen molar-refractivity contribution < 1.29 is 23.1 Å². The lowest BCUT2D eigenvalue weighted by Gasteiger charge is -2.22. The molecule has 0 radical (unpaired) electrons. The van der Waals surface area contributed by atoms with Crippen LogP contribution >= 0.6 is 11.8 Å². The zero-order chi connectivity index (χ0) is 35.8. The van der Waals surface area contributed by atoms with Gasteiger partial charge in [-0.05, 0) is 104 Å². The van der Waals surface area contributed by atoms with Crippen LogP contribution < -0.4 is 15.8 Å². The summed E-state index contributed by atoms with van der Waals surface area (Å²) in [5.74, 6) is -0.705. The summed E-state index contributed by atoms with van der Waals surface area (Å²) in [6, 6.07) is 30.1. The van der Waals surface area contributed by atoms with Crippen LogP contribution in [0.1, 0.15) is 71.3 Å². The van der Waals surface area contributed by atoms with Crippen molar-refractivity contribution in [1.82, 2.24) is 10.6 Å². The molecule has 4 aromatic rings. The van der Waals surface area contributed by atoms with Crippen molar-refractivity contribution in [2.75, 3.05) is 18.6 Å². The number of carbonyl (C=O) groups excluding carboxylic acids is 1. The molecule has 0 spiro atoms. The number of nitrogens with one attached hydrogen (secondary N) is 2. The van der Waals surface area contributed by atoms with Gasteiger partial charge in [0.2, 0.25) is 10.0 Å². The maximum absolute atomic E-state index is 13.4. The highest BCUT2D eigenvalue weighted by Crippen LogP contribution is 2.31. The minimum Gasteiger partial charge on any atom is -0.480 e. The van der Waals surface area contributed by atoms with E-state index in [1.807, 2.05) is 62.6 Å². The number of aliphatic carboxylic acids is 1. The van der Waals surface area contributed by atoms with E-state index in [1.54, 1.807) is 23.9 Å². The van der Waals surface area contributed by atoms with E-state index in [4.69, 9.17) is 5.14 Å². The van der Waals surface area contributed by atoms with Gasteiger partial charge in [-0.2, -0.15) is 11.8 Å². The Morgan fingerprint density at radius 3 is 2.16 bits per heavy atom. The molecule has 5 N–H and O–H groups in total. The minimum absolute atomic E-state index is 0.156. The van der Waals surface area contributed by atoms with Crippen molar-refractivity contribution in [3.05, 3.63) is 125 Å². The number of carbonyl (C=O) groups is 2. The van der Waals surface area contributed by atoms with Crippen LogP contribution in [0.2, 0.25) is 0 Å². The normalized spacial score (nSPS) is 12.3. The topological polar surface area (TPSA) is 139 Å². The number of hydrogen-bond donors (Lipinski definition) is 4. The molecular formula is C39H49N3O5S2. The molecule has 0 aromatic heterocycles. The van der Waals surface area contributed by atoms with Crippen LogP contribution in [0.25, 0.3) is 11.1 Å². The van der Waals surface area contributed by atoms with Gasteiger partial charge in [0.05, 0.1) is 4.90 Å². The summed E-state index contributed by atoms with van der Waals surface area (Å²) in [6.45, 7) is 6.97. The lowest BCUT2D eigenvalue weighted by molar-refractivity contribution is -0.139. The molecule has 0 heterocycles. The fourth-order valence-electron chi connectivity index (χ4n) is 5.36. The molecule has 4 rings (SSSR count). The van der Waals surface area contributed by atoms with Crippen LogP contribution in [0.15, 0.2) is 102 Å². The minimum atomic E-state index is -3.52. The van der Waals surface area contributed by atoms with Gasteiger partial charge in [-0.25, -0.2) is 18.4 Å². The molecule has 0 fully saturated rings. The number of carboxylic acid groups (broad SMARTS) is 1. The zero-order valence-electron chi connectivity index (χ0n) is 28.8. The second kappa shape index (κ2) is 19.9. The number of amides is 1. The van der Waals surface area contributed by atoms with E-state index in [1.165, 1.54) is 17.7 Å². The van der Waals surface area contributed by atoms with Gasteiger partial charge in [0.15, 0.2) is 0 Å². The van der Waals surface area contributed by atoms with E-state index in [0.717, 1.165) is 60.0 Å². The highest BCUT2D eigenvalue weighted by atomic mass is 32.2. The van der Waals surface area contributed by atoms with Gasteiger partial charge < -0.3 is 15.7 Å². The third-order valence-corrected chi connectivity index (χ3v) is 9.76. The van der Waals surface area contributed by atoms with Crippen molar-refractivity contribution in [3.63, 3.8) is 0 Å². The van der Waals surface area contributed by atoms with Gasteiger partial charge in [0, 0.05) is 11.6 Å². The van der Waals surface area contributed by atoms with E-state index in [0.29, 0.717) is 17.7 Å². The fraction of sp³-hybridized carbons (Fsp3) is 0.333. The molecule has 49 heavy (non-hydrogen) atoms. The quantitative estimate of drug-likeness (QED) is 0.0961. The SMILES string of the molecule is CCCCC(NCCc1ccccc1)c1ccc(C(=O)NC(CCSC)C(=O)O)c(-c2ccccc2C)c1.Cc1ccc(S(N)(=O)=O)cc1. The summed E-state index contributed by atoms with van der Waals surface area (Å²) in [4.78, 5) is 25.4. The molecule has 4 aromatic carbocycles. The smallest absolute Gasteiger partial charge is 0.326 e. The Hall–Kier alpha value is -3.96. The second-order valence-corrected chi connectivity index (χ2v) is 14.6. The fourth-order valence-corrected chi connectivity index (χ4v) is 6.35. The molecule has 0 saturated heterocycles. The standard InChI is InChI=1S/C32H40N2O3S.C7H9NO2S/c1-4-5-15-29(33-20-18-24-12-7-6-8-13-24)25-16-17-27(28(22-25)26-14-10-9-11-23(26)2)31(35)34-30(32(36)37)19-21-38-3;1-6-2-4-7(5-3-6)11(8,9)10/h6-14,16-17,22,29-30,33H,4-5,15,18-21H2,1-3H3,(H,34,35)(H,36,37);2-5H,1H3,(H2,8,9,10). The number of hydrogen-bond acceptors (Lipinski definition) is 6. The molecule has 2 unspecified atom stereocenters. The molecule has 0 aliphatic carbocycles. The Balaban J connectivity index is 0.000000501. The van der Waals surface area contributed by atoms with Gasteiger partial charge in [-0.1, -0.05) is 98.1 Å². The van der Waals surface area contributed by atoms with E-state index < -0.39 is 22.0 Å². The van der Waals surface area contributed by atoms with Crippen LogP contribution in [0.5, 0.6) is 0 Å². The van der Waals surface area contributed by atoms with Gasteiger partial charge >= 0.3 is 5.97 Å². The first-order valence-electron chi connectivity index (χ1n) is 16.5. The van der Waals surface area contributed by atoms with Crippen LogP contribution in [-0.2, 0) is 21.2 Å². The average molecular weight is 704 g/mol. The Labute approximate surface area is 296 Å². The highest BCUT2D eigenvalue weighted by Gasteiger charge is 2.23. The molecular weight excluding hydrogens is 655 g/mol. The first-order valence-corrected chi connectivity index (χ1v) is 19.5. The van der Waals surface area contributed by atoms with Crippen LogP contribution in [-0.4, -0.2) is 50.0 Å². The summed E-state index contributed by atoms with van der Waals surface area (Å²) < 4.78 is 21.4. The van der Waals surface area contributed by atoms with Gasteiger partial charge in [-0.3, -0.25) is 4.79 Å². The highest BCUT2D eigenvalue weighted by molar-refractivity contribution is 7.98. The molecule has 0 aliphatic heterocycles. The van der Waals surface area contributed by atoms with E-state index >= 15 is 0 Å². The summed E-state index contributed by atoms with van der Waals surface area (Å²) in [5.41, 5.74) is 6.83. The van der Waals surface area contributed by atoms with Crippen molar-refractivity contribution in [2.24, 2.45) is 5.14 Å². The number of aryl methyl sites for hydroxylation is 2. The Kier molecular flexibility index (Phi) is 16.0. The maximum Gasteiger partial charge on any atom is 0.326 e. The number of nitrogens with two attached hydrogens (primary N) is 1. The van der Waals surface area contributed by atoms with Crippen molar-refractivity contribution in [1.29, 1.82) is 0 Å². The van der Waals surface area contributed by atoms with Crippen molar-refractivity contribution >= 4 is 33.7 Å². The van der Waals surface area contributed by atoms with Gasteiger partial charge in [0.25, 0.3) is 5.91 Å². The molecule has 262 valence electrons. The number of unbranched alkanes of at least 4 members (excludes halogenated alkanes) is 1. The maximum atomic E-state index is 13.4.